The molecule has 0 bridgehead atoms. The maximum atomic E-state index is 10.9. The first-order valence-corrected chi connectivity index (χ1v) is 6.83. The summed E-state index contributed by atoms with van der Waals surface area (Å²) in [6.07, 6.45) is 0.675. The van der Waals surface area contributed by atoms with Gasteiger partial charge in [0.1, 0.15) is 18.5 Å². The van der Waals surface area contributed by atoms with E-state index in [9.17, 15) is 9.90 Å². The number of benzene rings is 1. The van der Waals surface area contributed by atoms with E-state index in [1.165, 1.54) is 12.7 Å². The van der Waals surface area contributed by atoms with Crippen molar-refractivity contribution in [1.29, 1.82) is 0 Å². The molecule has 1 atom stereocenters. The molecular formula is C15H23NO4. The highest BCUT2D eigenvalue weighted by atomic mass is 16.5. The molecule has 0 heterocycles. The number of methoxy groups -OCH3 is 1. The second-order valence-electron chi connectivity index (χ2n) is 4.49. The lowest BCUT2D eigenvalue weighted by Crippen LogP contribution is -2.32. The van der Waals surface area contributed by atoms with Crippen LogP contribution in [0.1, 0.15) is 18.9 Å². The van der Waals surface area contributed by atoms with Crippen LogP contribution in [0.15, 0.2) is 24.3 Å². The molecule has 1 unspecified atom stereocenters. The van der Waals surface area contributed by atoms with Gasteiger partial charge in [-0.05, 0) is 24.1 Å². The molecule has 0 radical (unpaired) electrons. The summed E-state index contributed by atoms with van der Waals surface area (Å²) in [6.45, 7) is 3.18. The average molecular weight is 281 g/mol. The van der Waals surface area contributed by atoms with Gasteiger partial charge in [0.2, 0.25) is 0 Å². The Morgan fingerprint density at radius 3 is 2.65 bits per heavy atom. The van der Waals surface area contributed by atoms with Crippen LogP contribution in [0.25, 0.3) is 0 Å². The molecule has 5 nitrogen and oxygen atoms in total. The monoisotopic (exact) mass is 281 g/mol. The number of aliphatic hydroxyl groups excluding tert-OH is 1. The Morgan fingerprint density at radius 2 is 2.05 bits per heavy atom. The van der Waals surface area contributed by atoms with Crippen LogP contribution in [0, 0.1) is 0 Å². The minimum absolute atomic E-state index is 0.219. The van der Waals surface area contributed by atoms with Crippen LogP contribution in [0.4, 0.5) is 0 Å². The maximum Gasteiger partial charge on any atom is 0.306 e. The van der Waals surface area contributed by atoms with Gasteiger partial charge in [0.05, 0.1) is 13.5 Å². The van der Waals surface area contributed by atoms with Gasteiger partial charge in [-0.1, -0.05) is 19.1 Å². The standard InChI is InChI=1S/C15H23NO4/c1-3-12-4-6-14(7-5-12)20-11-13(17)10-16-9-8-15(18)19-2/h4-7,13,16-17H,3,8-11H2,1-2H3. The van der Waals surface area contributed by atoms with E-state index in [4.69, 9.17) is 4.74 Å². The van der Waals surface area contributed by atoms with Gasteiger partial charge in [-0.3, -0.25) is 4.79 Å². The second-order valence-corrected chi connectivity index (χ2v) is 4.49. The van der Waals surface area contributed by atoms with Crippen LogP contribution < -0.4 is 10.1 Å². The predicted molar refractivity (Wildman–Crippen MR) is 76.8 cm³/mol. The first-order chi connectivity index (χ1) is 9.65. The summed E-state index contributed by atoms with van der Waals surface area (Å²) in [6, 6.07) is 7.82. The van der Waals surface area contributed by atoms with E-state index in [-0.39, 0.29) is 12.6 Å². The topological polar surface area (TPSA) is 67.8 Å². The second kappa shape index (κ2) is 9.34. The van der Waals surface area contributed by atoms with Gasteiger partial charge >= 0.3 is 5.97 Å². The third-order valence-electron chi connectivity index (χ3n) is 2.89. The number of carbonyl (C=O) groups excluding carboxylic acids is 1. The van der Waals surface area contributed by atoms with Crippen molar-refractivity contribution in [1.82, 2.24) is 5.32 Å². The van der Waals surface area contributed by atoms with Gasteiger partial charge in [0.25, 0.3) is 0 Å². The Kier molecular flexibility index (Phi) is 7.69. The number of rotatable bonds is 9. The van der Waals surface area contributed by atoms with Gasteiger partial charge in [0, 0.05) is 13.1 Å². The number of esters is 1. The van der Waals surface area contributed by atoms with E-state index in [1.807, 2.05) is 24.3 Å². The molecule has 0 aliphatic carbocycles. The zero-order valence-electron chi connectivity index (χ0n) is 12.1. The van der Waals surface area contributed by atoms with Crippen molar-refractivity contribution in [3.8, 4) is 5.75 Å². The lowest BCUT2D eigenvalue weighted by Gasteiger charge is -2.13. The third kappa shape index (κ3) is 6.54. The fraction of sp³-hybridized carbons (Fsp3) is 0.533. The molecule has 0 amide bonds. The molecule has 0 aliphatic rings. The number of hydrogen-bond acceptors (Lipinski definition) is 5. The van der Waals surface area contributed by atoms with Crippen molar-refractivity contribution in [2.75, 3.05) is 26.8 Å². The van der Waals surface area contributed by atoms with Crippen LogP contribution in [0.5, 0.6) is 5.75 Å². The summed E-state index contributed by atoms with van der Waals surface area (Å²) >= 11 is 0. The minimum atomic E-state index is -0.613. The lowest BCUT2D eigenvalue weighted by atomic mass is 10.2. The Balaban J connectivity index is 2.15. The molecule has 1 aromatic rings. The van der Waals surface area contributed by atoms with E-state index < -0.39 is 6.10 Å². The zero-order valence-corrected chi connectivity index (χ0v) is 12.1. The summed E-state index contributed by atoms with van der Waals surface area (Å²) in [7, 11) is 1.36. The molecule has 1 aromatic carbocycles. The highest BCUT2D eigenvalue weighted by Gasteiger charge is 2.06. The van der Waals surface area contributed by atoms with Crippen molar-refractivity contribution in [3.63, 3.8) is 0 Å². The molecule has 0 saturated carbocycles. The summed E-state index contributed by atoms with van der Waals surface area (Å²) in [5.41, 5.74) is 1.25. The van der Waals surface area contributed by atoms with Crippen molar-refractivity contribution >= 4 is 5.97 Å². The lowest BCUT2D eigenvalue weighted by molar-refractivity contribution is -0.140. The largest absolute Gasteiger partial charge is 0.491 e. The van der Waals surface area contributed by atoms with Gasteiger partial charge in [-0.2, -0.15) is 0 Å². The number of aliphatic hydroxyl groups is 1. The molecule has 1 rings (SSSR count). The SMILES string of the molecule is CCc1ccc(OCC(O)CNCCC(=O)OC)cc1. The van der Waals surface area contributed by atoms with Crippen LogP contribution in [-0.2, 0) is 16.0 Å². The van der Waals surface area contributed by atoms with E-state index >= 15 is 0 Å². The quantitative estimate of drug-likeness (QED) is 0.525. The number of hydrogen-bond donors (Lipinski definition) is 2. The predicted octanol–water partition coefficient (Wildman–Crippen LogP) is 1.14. The van der Waals surface area contributed by atoms with Crippen molar-refractivity contribution in [2.45, 2.75) is 25.9 Å². The molecule has 0 fully saturated rings. The van der Waals surface area contributed by atoms with Crippen molar-refractivity contribution in [2.24, 2.45) is 0 Å². The minimum Gasteiger partial charge on any atom is -0.491 e. The van der Waals surface area contributed by atoms with E-state index in [0.717, 1.165) is 12.2 Å². The number of aryl methyl sites for hydroxylation is 1. The normalized spacial score (nSPS) is 11.9. The van der Waals surface area contributed by atoms with Crippen LogP contribution in [-0.4, -0.2) is 44.0 Å². The van der Waals surface area contributed by atoms with Crippen LogP contribution in [0.2, 0.25) is 0 Å². The van der Waals surface area contributed by atoms with Gasteiger partial charge in [0.15, 0.2) is 0 Å². The number of carbonyl (C=O) groups is 1. The molecule has 20 heavy (non-hydrogen) atoms. The van der Waals surface area contributed by atoms with Crippen LogP contribution in [0.3, 0.4) is 0 Å². The molecule has 0 spiro atoms. The van der Waals surface area contributed by atoms with Crippen molar-refractivity contribution < 1.29 is 19.4 Å². The zero-order chi connectivity index (χ0) is 14.8. The molecule has 5 heteroatoms. The number of nitrogens with one attached hydrogen (secondary N) is 1. The first kappa shape index (κ1) is 16.5. The maximum absolute atomic E-state index is 10.9. The highest BCUT2D eigenvalue weighted by Crippen LogP contribution is 2.12. The molecule has 0 aliphatic heterocycles. The Labute approximate surface area is 119 Å². The fourth-order valence-electron chi connectivity index (χ4n) is 1.63. The highest BCUT2D eigenvalue weighted by molar-refractivity contribution is 5.69. The van der Waals surface area contributed by atoms with E-state index in [0.29, 0.717) is 19.5 Å². The van der Waals surface area contributed by atoms with Gasteiger partial charge in [-0.25, -0.2) is 0 Å². The molecular weight excluding hydrogens is 258 g/mol. The Morgan fingerprint density at radius 1 is 1.35 bits per heavy atom. The molecule has 0 aromatic heterocycles. The van der Waals surface area contributed by atoms with E-state index in [2.05, 4.69) is 17.0 Å². The average Bonchev–Trinajstić information content (AvgIpc) is 2.49. The summed E-state index contributed by atoms with van der Waals surface area (Å²) < 4.78 is 10.0. The van der Waals surface area contributed by atoms with E-state index in [1.54, 1.807) is 0 Å². The molecule has 112 valence electrons. The molecule has 0 saturated heterocycles. The Hall–Kier alpha value is -1.59. The third-order valence-corrected chi connectivity index (χ3v) is 2.89. The summed E-state index contributed by atoms with van der Waals surface area (Å²) in [5.74, 6) is 0.482. The molecule has 2 N–H and O–H groups in total. The van der Waals surface area contributed by atoms with Crippen LogP contribution >= 0.6 is 0 Å². The van der Waals surface area contributed by atoms with Gasteiger partial charge < -0.3 is 19.9 Å². The fourth-order valence-corrected chi connectivity index (χ4v) is 1.63. The smallest absolute Gasteiger partial charge is 0.306 e. The summed E-state index contributed by atoms with van der Waals surface area (Å²) in [4.78, 5) is 10.9. The van der Waals surface area contributed by atoms with Gasteiger partial charge in [-0.15, -0.1) is 0 Å². The first-order valence-electron chi connectivity index (χ1n) is 6.83. The number of ether oxygens (including phenoxy) is 2. The van der Waals surface area contributed by atoms with Crippen molar-refractivity contribution in [3.05, 3.63) is 29.8 Å². The Bertz CT molecular complexity index is 391. The summed E-state index contributed by atoms with van der Waals surface area (Å²) in [5, 5.41) is 12.7.